The monoisotopic (exact) mass is 158 g/mol. The maximum atomic E-state index is 9.20. The van der Waals surface area contributed by atoms with Crippen molar-refractivity contribution in [1.29, 1.82) is 5.41 Å². The van der Waals surface area contributed by atoms with Crippen molar-refractivity contribution in [2.45, 2.75) is 39.7 Å². The Labute approximate surface area is 68.5 Å². The Hall–Kier alpha value is -0.410. The first-order chi connectivity index (χ1) is 5.04. The summed E-state index contributed by atoms with van der Waals surface area (Å²) in [5, 5.41) is 17.7. The van der Waals surface area contributed by atoms with Crippen molar-refractivity contribution in [2.24, 2.45) is 0 Å². The number of nitrogens with one attached hydrogen (secondary N) is 1. The van der Waals surface area contributed by atoms with E-state index in [1.54, 1.807) is 6.92 Å². The van der Waals surface area contributed by atoms with E-state index < -0.39 is 0 Å². The van der Waals surface area contributed by atoms with E-state index in [4.69, 9.17) is 5.41 Å². The molecule has 2 N–H and O–H groups in total. The van der Waals surface area contributed by atoms with Crippen molar-refractivity contribution in [3.05, 3.63) is 0 Å². The van der Waals surface area contributed by atoms with Gasteiger partial charge >= 0.3 is 0 Å². The molecule has 3 nitrogen and oxygen atoms in total. The molecule has 0 aliphatic rings. The highest BCUT2D eigenvalue weighted by Crippen LogP contribution is 1.97. The minimum atomic E-state index is 0.182. The lowest BCUT2D eigenvalue weighted by Gasteiger charge is -2.17. The average Bonchev–Trinajstić information content (AvgIpc) is 1.86. The molecule has 11 heavy (non-hydrogen) atoms. The Morgan fingerprint density at radius 2 is 2.09 bits per heavy atom. The maximum absolute atomic E-state index is 9.20. The van der Waals surface area contributed by atoms with Gasteiger partial charge < -0.3 is 10.6 Å². The van der Waals surface area contributed by atoms with Gasteiger partial charge in [-0.2, -0.15) is 5.06 Å². The first-order valence-corrected chi connectivity index (χ1v) is 4.03. The van der Waals surface area contributed by atoms with E-state index in [-0.39, 0.29) is 6.04 Å². The molecule has 0 aliphatic carbocycles. The van der Waals surface area contributed by atoms with Gasteiger partial charge in [-0.1, -0.05) is 0 Å². The molecule has 0 spiro atoms. The highest BCUT2D eigenvalue weighted by molar-refractivity contribution is 5.78. The van der Waals surface area contributed by atoms with Crippen molar-refractivity contribution in [3.63, 3.8) is 0 Å². The standard InChI is InChI=1S/C8H18N2O/c1-7(2)10(11)6-4-5-8(3)9/h7,9,11H,4-6H2,1-3H3. The van der Waals surface area contributed by atoms with Gasteiger partial charge in [0.2, 0.25) is 0 Å². The number of hydrogen-bond donors (Lipinski definition) is 2. The summed E-state index contributed by atoms with van der Waals surface area (Å²) in [6, 6.07) is 0.182. The Bertz CT molecular complexity index is 123. The number of hydrogen-bond acceptors (Lipinski definition) is 3. The largest absolute Gasteiger partial charge is 0.314 e. The molecule has 0 fully saturated rings. The molecule has 0 aromatic carbocycles. The predicted octanol–water partition coefficient (Wildman–Crippen LogP) is 1.91. The summed E-state index contributed by atoms with van der Waals surface area (Å²) in [7, 11) is 0. The van der Waals surface area contributed by atoms with Crippen LogP contribution in [-0.4, -0.2) is 28.6 Å². The Kier molecular flexibility index (Phi) is 5.07. The zero-order valence-corrected chi connectivity index (χ0v) is 7.59. The maximum Gasteiger partial charge on any atom is 0.0293 e. The van der Waals surface area contributed by atoms with Crippen LogP contribution in [0.1, 0.15) is 33.6 Å². The van der Waals surface area contributed by atoms with Gasteiger partial charge in [-0.15, -0.1) is 0 Å². The molecule has 66 valence electrons. The molecule has 3 heteroatoms. The summed E-state index contributed by atoms with van der Waals surface area (Å²) >= 11 is 0. The molecule has 0 radical (unpaired) electrons. The Morgan fingerprint density at radius 3 is 2.45 bits per heavy atom. The molecule has 0 saturated carbocycles. The van der Waals surface area contributed by atoms with Crippen LogP contribution in [0.15, 0.2) is 0 Å². The minimum Gasteiger partial charge on any atom is -0.314 e. The van der Waals surface area contributed by atoms with Crippen LogP contribution in [-0.2, 0) is 0 Å². The van der Waals surface area contributed by atoms with Crippen molar-refractivity contribution in [3.8, 4) is 0 Å². The number of rotatable bonds is 5. The van der Waals surface area contributed by atoms with Gasteiger partial charge in [0.15, 0.2) is 0 Å². The van der Waals surface area contributed by atoms with Crippen LogP contribution in [0.25, 0.3) is 0 Å². The van der Waals surface area contributed by atoms with Crippen molar-refractivity contribution in [2.75, 3.05) is 6.54 Å². The van der Waals surface area contributed by atoms with E-state index >= 15 is 0 Å². The number of nitrogens with zero attached hydrogens (tertiary/aromatic N) is 1. The lowest BCUT2D eigenvalue weighted by atomic mass is 10.2. The van der Waals surface area contributed by atoms with Gasteiger partial charge in [0.1, 0.15) is 0 Å². The summed E-state index contributed by atoms with van der Waals surface area (Å²) in [6.07, 6.45) is 1.65. The van der Waals surface area contributed by atoms with Crippen LogP contribution in [0, 0.1) is 5.41 Å². The summed E-state index contributed by atoms with van der Waals surface area (Å²) < 4.78 is 0. The lowest BCUT2D eigenvalue weighted by Crippen LogP contribution is -2.28. The van der Waals surface area contributed by atoms with Crippen LogP contribution < -0.4 is 0 Å². The fourth-order valence-corrected chi connectivity index (χ4v) is 0.764. The van der Waals surface area contributed by atoms with Gasteiger partial charge in [-0.25, -0.2) is 0 Å². The van der Waals surface area contributed by atoms with Gasteiger partial charge in [0.05, 0.1) is 0 Å². The van der Waals surface area contributed by atoms with E-state index in [0.717, 1.165) is 12.8 Å². The quantitative estimate of drug-likeness (QED) is 0.474. The molecule has 0 aromatic rings. The van der Waals surface area contributed by atoms with Crippen LogP contribution >= 0.6 is 0 Å². The summed E-state index contributed by atoms with van der Waals surface area (Å²) in [5.41, 5.74) is 0.683. The molecule has 0 unspecified atom stereocenters. The fraction of sp³-hybridized carbons (Fsp3) is 0.875. The van der Waals surface area contributed by atoms with Crippen molar-refractivity contribution < 1.29 is 5.21 Å². The van der Waals surface area contributed by atoms with Crippen molar-refractivity contribution >= 4 is 5.71 Å². The van der Waals surface area contributed by atoms with E-state index in [9.17, 15) is 5.21 Å². The molecule has 0 amide bonds. The first kappa shape index (κ1) is 10.6. The molecule has 0 saturated heterocycles. The molecule has 0 rings (SSSR count). The average molecular weight is 158 g/mol. The van der Waals surface area contributed by atoms with E-state index in [2.05, 4.69) is 0 Å². The molecule has 0 bridgehead atoms. The van der Waals surface area contributed by atoms with Gasteiger partial charge in [-0.05, 0) is 33.6 Å². The summed E-state index contributed by atoms with van der Waals surface area (Å²) in [4.78, 5) is 0. The molecule has 0 atom stereocenters. The third kappa shape index (κ3) is 6.01. The second kappa shape index (κ2) is 5.27. The minimum absolute atomic E-state index is 0.182. The van der Waals surface area contributed by atoms with Crippen LogP contribution in [0.3, 0.4) is 0 Å². The Morgan fingerprint density at radius 1 is 1.55 bits per heavy atom. The van der Waals surface area contributed by atoms with Crippen molar-refractivity contribution in [1.82, 2.24) is 5.06 Å². The third-order valence-electron chi connectivity index (χ3n) is 1.54. The molecule has 0 aliphatic heterocycles. The summed E-state index contributed by atoms with van der Waals surface area (Å²) in [5.74, 6) is 0. The normalized spacial score (nSPS) is 11.1. The highest BCUT2D eigenvalue weighted by Gasteiger charge is 2.03. The third-order valence-corrected chi connectivity index (χ3v) is 1.54. The van der Waals surface area contributed by atoms with E-state index in [1.165, 1.54) is 5.06 Å². The smallest absolute Gasteiger partial charge is 0.0293 e. The molecular formula is C8H18N2O. The van der Waals surface area contributed by atoms with Crippen LogP contribution in [0.5, 0.6) is 0 Å². The fourth-order valence-electron chi connectivity index (χ4n) is 0.764. The van der Waals surface area contributed by atoms with Gasteiger partial charge in [-0.3, -0.25) is 0 Å². The molecule has 0 aromatic heterocycles. The topological polar surface area (TPSA) is 47.3 Å². The zero-order chi connectivity index (χ0) is 8.85. The first-order valence-electron chi connectivity index (χ1n) is 4.03. The number of hydroxylamine groups is 2. The van der Waals surface area contributed by atoms with Gasteiger partial charge in [0.25, 0.3) is 0 Å². The highest BCUT2D eigenvalue weighted by atomic mass is 16.5. The Balaban J connectivity index is 3.31. The molecule has 0 heterocycles. The van der Waals surface area contributed by atoms with E-state index in [0.29, 0.717) is 12.3 Å². The van der Waals surface area contributed by atoms with Crippen LogP contribution in [0.2, 0.25) is 0 Å². The second-order valence-electron chi connectivity index (χ2n) is 3.14. The predicted molar refractivity (Wildman–Crippen MR) is 46.3 cm³/mol. The summed E-state index contributed by atoms with van der Waals surface area (Å²) in [6.45, 7) is 6.33. The van der Waals surface area contributed by atoms with E-state index in [1.807, 2.05) is 13.8 Å². The second-order valence-corrected chi connectivity index (χ2v) is 3.14. The lowest BCUT2D eigenvalue weighted by molar-refractivity contribution is -0.116. The molecular weight excluding hydrogens is 140 g/mol. The van der Waals surface area contributed by atoms with Crippen LogP contribution in [0.4, 0.5) is 0 Å². The SMILES string of the molecule is CC(=N)CCCN(O)C(C)C. The zero-order valence-electron chi connectivity index (χ0n) is 7.59. The van der Waals surface area contributed by atoms with Gasteiger partial charge in [0, 0.05) is 18.3 Å².